The van der Waals surface area contributed by atoms with Crippen LogP contribution in [0.1, 0.15) is 38.9 Å². The number of nitrogens with zero attached hydrogens (tertiary/aromatic N) is 1. The van der Waals surface area contributed by atoms with E-state index in [0.29, 0.717) is 12.1 Å². The molecule has 0 saturated carbocycles. The SMILES string of the molecule is Cc1ccc(C(=O)NCC2NCCc3ccccc32)c(C)n1.Cl.Cl. The number of amides is 1. The van der Waals surface area contributed by atoms with Crippen LogP contribution in [0.3, 0.4) is 0 Å². The van der Waals surface area contributed by atoms with Gasteiger partial charge in [0, 0.05) is 18.3 Å². The van der Waals surface area contributed by atoms with Gasteiger partial charge in [-0.25, -0.2) is 0 Å². The quantitative estimate of drug-likeness (QED) is 0.875. The van der Waals surface area contributed by atoms with Crippen molar-refractivity contribution < 1.29 is 4.79 Å². The molecule has 0 bridgehead atoms. The lowest BCUT2D eigenvalue weighted by atomic mass is 9.94. The molecule has 1 aliphatic heterocycles. The Morgan fingerprint density at radius 3 is 2.71 bits per heavy atom. The highest BCUT2D eigenvalue weighted by molar-refractivity contribution is 5.95. The van der Waals surface area contributed by atoms with Gasteiger partial charge in [-0.1, -0.05) is 24.3 Å². The number of aryl methyl sites for hydroxylation is 2. The van der Waals surface area contributed by atoms with E-state index in [-0.39, 0.29) is 36.8 Å². The lowest BCUT2D eigenvalue weighted by Gasteiger charge is -2.27. The summed E-state index contributed by atoms with van der Waals surface area (Å²) in [5.41, 5.74) is 5.00. The molecule has 0 aliphatic carbocycles. The largest absolute Gasteiger partial charge is 0.350 e. The predicted octanol–water partition coefficient (Wildman–Crippen LogP) is 3.16. The first-order chi connectivity index (χ1) is 10.6. The zero-order chi connectivity index (χ0) is 15.5. The van der Waals surface area contributed by atoms with Gasteiger partial charge in [-0.3, -0.25) is 9.78 Å². The normalized spacial score (nSPS) is 15.5. The van der Waals surface area contributed by atoms with E-state index in [2.05, 4.69) is 39.9 Å². The van der Waals surface area contributed by atoms with Crippen LogP contribution in [-0.4, -0.2) is 24.0 Å². The van der Waals surface area contributed by atoms with Gasteiger partial charge in [0.25, 0.3) is 5.91 Å². The van der Waals surface area contributed by atoms with Crippen molar-refractivity contribution in [3.05, 3.63) is 64.5 Å². The van der Waals surface area contributed by atoms with E-state index in [1.54, 1.807) is 0 Å². The fraction of sp³-hybridized carbons (Fsp3) is 0.333. The van der Waals surface area contributed by atoms with E-state index in [1.165, 1.54) is 11.1 Å². The van der Waals surface area contributed by atoms with E-state index in [1.807, 2.05) is 26.0 Å². The molecule has 4 nitrogen and oxygen atoms in total. The Hall–Kier alpha value is -1.62. The van der Waals surface area contributed by atoms with Gasteiger partial charge in [0.15, 0.2) is 0 Å². The molecule has 2 heterocycles. The van der Waals surface area contributed by atoms with E-state index in [4.69, 9.17) is 0 Å². The van der Waals surface area contributed by atoms with Crippen LogP contribution in [0.2, 0.25) is 0 Å². The molecule has 3 rings (SSSR count). The van der Waals surface area contributed by atoms with Gasteiger partial charge in [-0.15, -0.1) is 24.8 Å². The summed E-state index contributed by atoms with van der Waals surface area (Å²) in [6.45, 7) is 5.33. The maximum absolute atomic E-state index is 12.4. The van der Waals surface area contributed by atoms with Crippen LogP contribution in [-0.2, 0) is 6.42 Å². The molecule has 0 radical (unpaired) electrons. The molecule has 2 N–H and O–H groups in total. The maximum atomic E-state index is 12.4. The van der Waals surface area contributed by atoms with Gasteiger partial charge < -0.3 is 10.6 Å². The molecule has 130 valence electrons. The lowest BCUT2D eigenvalue weighted by molar-refractivity contribution is 0.0948. The molecular weight excluding hydrogens is 345 g/mol. The Morgan fingerprint density at radius 1 is 1.21 bits per heavy atom. The Bertz CT molecular complexity index is 706. The van der Waals surface area contributed by atoms with Crippen molar-refractivity contribution in [3.63, 3.8) is 0 Å². The number of benzene rings is 1. The Kier molecular flexibility index (Phi) is 7.67. The number of hydrogen-bond donors (Lipinski definition) is 2. The van der Waals surface area contributed by atoms with Crippen LogP contribution in [0.25, 0.3) is 0 Å². The van der Waals surface area contributed by atoms with Gasteiger partial charge in [0.2, 0.25) is 0 Å². The molecule has 1 aromatic carbocycles. The van der Waals surface area contributed by atoms with Crippen molar-refractivity contribution in [1.82, 2.24) is 15.6 Å². The highest BCUT2D eigenvalue weighted by Gasteiger charge is 2.20. The summed E-state index contributed by atoms with van der Waals surface area (Å²) in [4.78, 5) is 16.7. The van der Waals surface area contributed by atoms with Gasteiger partial charge in [0.1, 0.15) is 0 Å². The molecule has 2 aromatic rings. The smallest absolute Gasteiger partial charge is 0.253 e. The fourth-order valence-electron chi connectivity index (χ4n) is 2.99. The average molecular weight is 368 g/mol. The summed E-state index contributed by atoms with van der Waals surface area (Å²) in [6.07, 6.45) is 1.04. The summed E-state index contributed by atoms with van der Waals surface area (Å²) in [5.74, 6) is -0.0603. The zero-order valence-corrected chi connectivity index (χ0v) is 15.5. The second-order valence-corrected chi connectivity index (χ2v) is 5.75. The van der Waals surface area contributed by atoms with Gasteiger partial charge >= 0.3 is 0 Å². The number of carbonyl (C=O) groups is 1. The van der Waals surface area contributed by atoms with Crippen LogP contribution >= 0.6 is 24.8 Å². The predicted molar refractivity (Wildman–Crippen MR) is 101 cm³/mol. The van der Waals surface area contributed by atoms with Crippen LogP contribution in [0.15, 0.2) is 36.4 Å². The highest BCUT2D eigenvalue weighted by atomic mass is 35.5. The monoisotopic (exact) mass is 367 g/mol. The summed E-state index contributed by atoms with van der Waals surface area (Å²) in [7, 11) is 0. The number of pyridine rings is 1. The van der Waals surface area contributed by atoms with Crippen LogP contribution in [0, 0.1) is 13.8 Å². The van der Waals surface area contributed by atoms with E-state index in [9.17, 15) is 4.79 Å². The second-order valence-electron chi connectivity index (χ2n) is 5.75. The number of halogens is 2. The number of nitrogens with one attached hydrogen (secondary N) is 2. The molecule has 1 aromatic heterocycles. The number of fused-ring (bicyclic) bond motifs is 1. The molecule has 0 saturated heterocycles. The summed E-state index contributed by atoms with van der Waals surface area (Å²) in [5, 5.41) is 6.50. The average Bonchev–Trinajstić information content (AvgIpc) is 2.52. The highest BCUT2D eigenvalue weighted by Crippen LogP contribution is 2.22. The van der Waals surface area contributed by atoms with Gasteiger partial charge in [-0.2, -0.15) is 0 Å². The minimum Gasteiger partial charge on any atom is -0.350 e. The minimum atomic E-state index is -0.0603. The minimum absolute atomic E-state index is 0. The molecule has 1 amide bonds. The third-order valence-corrected chi connectivity index (χ3v) is 4.15. The number of hydrogen-bond acceptors (Lipinski definition) is 3. The second kappa shape index (κ2) is 9.02. The van der Waals surface area contributed by atoms with Crippen LogP contribution < -0.4 is 10.6 Å². The molecule has 1 atom stereocenters. The number of aromatic nitrogens is 1. The van der Waals surface area contributed by atoms with Crippen molar-refractivity contribution in [1.29, 1.82) is 0 Å². The van der Waals surface area contributed by atoms with Crippen molar-refractivity contribution in [3.8, 4) is 0 Å². The Morgan fingerprint density at radius 2 is 1.96 bits per heavy atom. The summed E-state index contributed by atoms with van der Waals surface area (Å²) in [6, 6.07) is 12.3. The summed E-state index contributed by atoms with van der Waals surface area (Å²) >= 11 is 0. The van der Waals surface area contributed by atoms with Crippen LogP contribution in [0.5, 0.6) is 0 Å². The van der Waals surface area contributed by atoms with Crippen molar-refractivity contribution in [2.75, 3.05) is 13.1 Å². The topological polar surface area (TPSA) is 54.0 Å². The first-order valence-corrected chi connectivity index (χ1v) is 7.69. The van der Waals surface area contributed by atoms with Crippen molar-refractivity contribution in [2.24, 2.45) is 0 Å². The summed E-state index contributed by atoms with van der Waals surface area (Å²) < 4.78 is 0. The van der Waals surface area contributed by atoms with Crippen molar-refractivity contribution >= 4 is 30.7 Å². The van der Waals surface area contributed by atoms with E-state index < -0.39 is 0 Å². The first kappa shape index (κ1) is 20.4. The van der Waals surface area contributed by atoms with Gasteiger partial charge in [0.05, 0.1) is 11.3 Å². The number of rotatable bonds is 3. The van der Waals surface area contributed by atoms with Crippen molar-refractivity contribution in [2.45, 2.75) is 26.3 Å². The fourth-order valence-corrected chi connectivity index (χ4v) is 2.99. The molecule has 0 spiro atoms. The van der Waals surface area contributed by atoms with E-state index in [0.717, 1.165) is 24.4 Å². The third-order valence-electron chi connectivity index (χ3n) is 4.15. The Labute approximate surface area is 155 Å². The molecule has 1 unspecified atom stereocenters. The molecule has 24 heavy (non-hydrogen) atoms. The van der Waals surface area contributed by atoms with E-state index >= 15 is 0 Å². The Balaban J connectivity index is 0.00000144. The lowest BCUT2D eigenvalue weighted by Crippen LogP contribution is -2.39. The zero-order valence-electron chi connectivity index (χ0n) is 13.8. The molecule has 0 fully saturated rings. The van der Waals surface area contributed by atoms with Crippen LogP contribution in [0.4, 0.5) is 0 Å². The molecular formula is C18H23Cl2N3O. The maximum Gasteiger partial charge on any atom is 0.253 e. The number of carbonyl (C=O) groups excluding carboxylic acids is 1. The standard InChI is InChI=1S/C18H21N3O.2ClH/c1-12-7-8-15(13(2)21-12)18(22)20-11-17-16-6-4-3-5-14(16)9-10-19-17;;/h3-8,17,19H,9-11H2,1-2H3,(H,20,22);2*1H. The third kappa shape index (κ3) is 4.47. The molecule has 1 aliphatic rings. The first-order valence-electron chi connectivity index (χ1n) is 7.69. The molecule has 6 heteroatoms. The van der Waals surface area contributed by atoms with Gasteiger partial charge in [-0.05, 0) is 50.1 Å².